The highest BCUT2D eigenvalue weighted by atomic mass is 32.1. The molecule has 1 N–H and O–H groups in total. The molecule has 1 aliphatic heterocycles. The number of fused-ring (bicyclic) bond motifs is 1. The molecule has 1 atom stereocenters. The van der Waals surface area contributed by atoms with Crippen molar-refractivity contribution in [3.63, 3.8) is 0 Å². The first-order valence-corrected chi connectivity index (χ1v) is 13.0. The van der Waals surface area contributed by atoms with Gasteiger partial charge in [0.15, 0.2) is 5.13 Å². The van der Waals surface area contributed by atoms with E-state index in [1.807, 2.05) is 29.8 Å². The number of imidazole rings is 1. The Morgan fingerprint density at radius 2 is 1.92 bits per heavy atom. The minimum Gasteiger partial charge on any atom is -0.481 e. The van der Waals surface area contributed by atoms with Gasteiger partial charge >= 0.3 is 6.03 Å². The van der Waals surface area contributed by atoms with Crippen LogP contribution in [0.25, 0.3) is 22.2 Å². The van der Waals surface area contributed by atoms with Gasteiger partial charge < -0.3 is 14.6 Å². The third-order valence-corrected chi connectivity index (χ3v) is 7.59. The quantitative estimate of drug-likeness (QED) is 0.321. The summed E-state index contributed by atoms with van der Waals surface area (Å²) in [5, 5.41) is 5.58. The van der Waals surface area contributed by atoms with Gasteiger partial charge in [-0.2, -0.15) is 0 Å². The molecule has 186 valence electrons. The predicted molar refractivity (Wildman–Crippen MR) is 145 cm³/mol. The molecule has 9 heteroatoms. The number of urea groups is 1. The summed E-state index contributed by atoms with van der Waals surface area (Å²) in [4.78, 5) is 28.0. The van der Waals surface area contributed by atoms with E-state index in [1.54, 1.807) is 12.0 Å². The summed E-state index contributed by atoms with van der Waals surface area (Å²) in [6, 6.07) is 20.6. The van der Waals surface area contributed by atoms with Gasteiger partial charge in [-0.25, -0.2) is 19.7 Å². The number of pyridine rings is 1. The summed E-state index contributed by atoms with van der Waals surface area (Å²) in [5.41, 5.74) is 6.15. The average Bonchev–Trinajstić information content (AvgIpc) is 3.67. The summed E-state index contributed by atoms with van der Waals surface area (Å²) in [6.07, 6.45) is 2.39. The van der Waals surface area contributed by atoms with Crippen LogP contribution in [-0.2, 0) is 6.42 Å². The highest BCUT2D eigenvalue weighted by Crippen LogP contribution is 2.32. The number of methoxy groups -OCH3 is 1. The van der Waals surface area contributed by atoms with Crippen LogP contribution in [0.4, 0.5) is 9.93 Å². The van der Waals surface area contributed by atoms with Crippen molar-refractivity contribution in [2.24, 2.45) is 0 Å². The summed E-state index contributed by atoms with van der Waals surface area (Å²) in [6.45, 7) is 3.48. The molecule has 0 radical (unpaired) electrons. The van der Waals surface area contributed by atoms with Crippen molar-refractivity contribution < 1.29 is 9.53 Å². The summed E-state index contributed by atoms with van der Waals surface area (Å²) in [7, 11) is 1.62. The van der Waals surface area contributed by atoms with E-state index in [4.69, 9.17) is 14.7 Å². The molecule has 2 amide bonds. The number of hydrogen-bond donors (Lipinski definition) is 1. The minimum atomic E-state index is -0.0913. The number of nitrogens with zero attached hydrogens (tertiary/aromatic N) is 5. The van der Waals surface area contributed by atoms with Crippen LogP contribution in [-0.4, -0.2) is 45.7 Å². The van der Waals surface area contributed by atoms with E-state index < -0.39 is 0 Å². The Kier molecular flexibility index (Phi) is 6.05. The van der Waals surface area contributed by atoms with Crippen molar-refractivity contribution in [3.05, 3.63) is 89.3 Å². The van der Waals surface area contributed by atoms with Gasteiger partial charge in [0.1, 0.15) is 5.82 Å². The van der Waals surface area contributed by atoms with Gasteiger partial charge in [-0.05, 0) is 36.2 Å². The molecule has 1 fully saturated rings. The van der Waals surface area contributed by atoms with Crippen LogP contribution in [0.3, 0.4) is 0 Å². The van der Waals surface area contributed by atoms with Crippen LogP contribution in [0, 0.1) is 0 Å². The molecule has 6 rings (SSSR count). The number of benzene rings is 2. The Balaban J connectivity index is 1.42. The predicted octanol–water partition coefficient (Wildman–Crippen LogP) is 5.29. The summed E-state index contributed by atoms with van der Waals surface area (Å²) in [5.74, 6) is 1.52. The number of hydrogen-bond acceptors (Lipinski definition) is 6. The maximum absolute atomic E-state index is 12.1. The first-order valence-electron chi connectivity index (χ1n) is 12.2. The van der Waals surface area contributed by atoms with Gasteiger partial charge in [-0.3, -0.25) is 4.90 Å². The normalized spacial score (nSPS) is 14.2. The van der Waals surface area contributed by atoms with E-state index in [1.165, 1.54) is 16.9 Å². The lowest BCUT2D eigenvalue weighted by Gasteiger charge is -2.18. The van der Waals surface area contributed by atoms with E-state index in [9.17, 15) is 4.79 Å². The molecule has 0 bridgehead atoms. The fourth-order valence-corrected chi connectivity index (χ4v) is 5.60. The average molecular weight is 511 g/mol. The third kappa shape index (κ3) is 4.42. The molecule has 3 aromatic heterocycles. The molecular weight excluding hydrogens is 484 g/mol. The number of anilines is 1. The number of carbonyl (C=O) groups is 1. The van der Waals surface area contributed by atoms with Crippen LogP contribution < -0.4 is 15.0 Å². The van der Waals surface area contributed by atoms with Crippen LogP contribution in [0.5, 0.6) is 5.88 Å². The van der Waals surface area contributed by atoms with Crippen molar-refractivity contribution in [3.8, 4) is 17.0 Å². The molecule has 1 aliphatic rings. The summed E-state index contributed by atoms with van der Waals surface area (Å²) < 4.78 is 7.52. The number of thiazole rings is 1. The summed E-state index contributed by atoms with van der Waals surface area (Å²) >= 11 is 1.49. The zero-order valence-electron chi connectivity index (χ0n) is 20.6. The number of aromatic nitrogens is 4. The Labute approximate surface area is 218 Å². The molecule has 1 unspecified atom stereocenters. The van der Waals surface area contributed by atoms with Crippen LogP contribution in [0.1, 0.15) is 30.0 Å². The molecule has 37 heavy (non-hydrogen) atoms. The standard InChI is InChI=1S/C28H26N6O2S/c1-18(19-6-4-3-5-7-19)34-24-14-20(21-9-11-26(36-2)30-16-21)8-10-23(24)32-25(34)15-22-17-37-28(31-22)33-13-12-29-27(33)35/h3-11,14,16-18H,12-13,15H2,1-2H3,(H,29,35). The number of carbonyl (C=O) groups excluding carboxylic acids is 1. The number of ether oxygens (including phenoxy) is 1. The Morgan fingerprint density at radius 3 is 2.65 bits per heavy atom. The monoisotopic (exact) mass is 510 g/mol. The van der Waals surface area contributed by atoms with E-state index >= 15 is 0 Å². The lowest BCUT2D eigenvalue weighted by atomic mass is 10.1. The molecule has 5 aromatic rings. The number of amides is 2. The Bertz CT molecular complexity index is 1560. The number of nitrogens with one attached hydrogen (secondary N) is 1. The molecule has 4 heterocycles. The topological polar surface area (TPSA) is 85.2 Å². The van der Waals surface area contributed by atoms with Crippen LogP contribution in [0.15, 0.2) is 72.2 Å². The fourth-order valence-electron chi connectivity index (χ4n) is 4.75. The van der Waals surface area contributed by atoms with E-state index in [-0.39, 0.29) is 12.1 Å². The van der Waals surface area contributed by atoms with Gasteiger partial charge in [0.2, 0.25) is 5.88 Å². The Hall–Kier alpha value is -4.24. The molecule has 8 nitrogen and oxygen atoms in total. The highest BCUT2D eigenvalue weighted by molar-refractivity contribution is 7.14. The van der Waals surface area contributed by atoms with E-state index in [2.05, 4.69) is 64.3 Å². The Morgan fingerprint density at radius 1 is 1.08 bits per heavy atom. The second kappa shape index (κ2) is 9.67. The molecule has 0 saturated carbocycles. The second-order valence-electron chi connectivity index (χ2n) is 8.96. The van der Waals surface area contributed by atoms with Gasteiger partial charge in [0.05, 0.1) is 29.9 Å². The fraction of sp³-hybridized carbons (Fsp3) is 0.214. The zero-order chi connectivity index (χ0) is 25.4. The first kappa shape index (κ1) is 23.2. The molecule has 2 aromatic carbocycles. The van der Waals surface area contributed by atoms with Crippen molar-refractivity contribution in [2.45, 2.75) is 19.4 Å². The van der Waals surface area contributed by atoms with Crippen molar-refractivity contribution in [1.82, 2.24) is 24.8 Å². The largest absolute Gasteiger partial charge is 0.481 e. The van der Waals surface area contributed by atoms with Crippen LogP contribution >= 0.6 is 11.3 Å². The van der Waals surface area contributed by atoms with Gasteiger partial charge in [-0.1, -0.05) is 36.4 Å². The number of rotatable bonds is 7. The zero-order valence-corrected chi connectivity index (χ0v) is 21.4. The maximum Gasteiger partial charge on any atom is 0.323 e. The molecule has 1 saturated heterocycles. The third-order valence-electron chi connectivity index (χ3n) is 6.68. The molecular formula is C28H26N6O2S. The van der Waals surface area contributed by atoms with Crippen LogP contribution in [0.2, 0.25) is 0 Å². The van der Waals surface area contributed by atoms with Gasteiger partial charge in [0.25, 0.3) is 0 Å². The SMILES string of the molecule is COc1ccc(-c2ccc3nc(Cc4csc(N5CCNC5=O)n4)n(C(C)c4ccccc4)c3c2)cn1. The maximum atomic E-state index is 12.1. The van der Waals surface area contributed by atoms with E-state index in [0.29, 0.717) is 25.4 Å². The smallest absolute Gasteiger partial charge is 0.323 e. The molecule has 0 spiro atoms. The first-order chi connectivity index (χ1) is 18.1. The van der Waals surface area contributed by atoms with Crippen molar-refractivity contribution >= 4 is 33.5 Å². The van der Waals surface area contributed by atoms with Crippen molar-refractivity contribution in [1.29, 1.82) is 0 Å². The van der Waals surface area contributed by atoms with E-state index in [0.717, 1.165) is 38.8 Å². The highest BCUT2D eigenvalue weighted by Gasteiger charge is 2.25. The van der Waals surface area contributed by atoms with Crippen molar-refractivity contribution in [2.75, 3.05) is 25.1 Å². The lowest BCUT2D eigenvalue weighted by Crippen LogP contribution is -2.27. The van der Waals surface area contributed by atoms with Gasteiger partial charge in [0, 0.05) is 42.7 Å². The lowest BCUT2D eigenvalue weighted by molar-refractivity contribution is 0.252. The molecule has 0 aliphatic carbocycles. The second-order valence-corrected chi connectivity index (χ2v) is 9.80. The van der Waals surface area contributed by atoms with Gasteiger partial charge in [-0.15, -0.1) is 11.3 Å². The minimum absolute atomic E-state index is 0.0629.